The van der Waals surface area contributed by atoms with Gasteiger partial charge in [-0.1, -0.05) is 48.0 Å². The second-order valence-corrected chi connectivity index (χ2v) is 11.1. The molecule has 3 saturated heterocycles. The Morgan fingerprint density at radius 1 is 1.18 bits per heavy atom. The number of hydrogen-bond donors (Lipinski definition) is 0. The van der Waals surface area contributed by atoms with Crippen LogP contribution in [0.15, 0.2) is 48.7 Å². The van der Waals surface area contributed by atoms with Crippen LogP contribution in [0.5, 0.6) is 0 Å². The van der Waals surface area contributed by atoms with E-state index in [4.69, 9.17) is 16.3 Å². The fourth-order valence-electron chi connectivity index (χ4n) is 6.58. The van der Waals surface area contributed by atoms with Gasteiger partial charge in [-0.2, -0.15) is 0 Å². The molecule has 5 rings (SSSR count). The highest BCUT2D eigenvalue weighted by Crippen LogP contribution is 2.56. The standard InChI is InChI=1S/C26H31ClN3O3S/c1-3-33-26(32)19-15-34-16-29(19)25(31)24-21-11-10-20(23(24)18-9-12-22(27)28-13-18)30(21,2)14-17-7-5-4-6-8-17/h4-9,12-13,19-21,23-24H,3,10-11,14-16H2,1-2H3/q+1/t19?,20-,21+,23-,24-,30?/m1/s1. The van der Waals surface area contributed by atoms with Crippen molar-refractivity contribution in [3.8, 4) is 0 Å². The van der Waals surface area contributed by atoms with E-state index in [1.54, 1.807) is 23.6 Å². The zero-order valence-electron chi connectivity index (χ0n) is 19.6. The molecular formula is C26H31ClN3O3S+. The molecule has 2 bridgehead atoms. The molecule has 3 aliphatic heterocycles. The molecule has 3 aliphatic rings. The molecule has 6 nitrogen and oxygen atoms in total. The van der Waals surface area contributed by atoms with Crippen LogP contribution in [0.1, 0.15) is 36.8 Å². The van der Waals surface area contributed by atoms with E-state index in [-0.39, 0.29) is 29.8 Å². The molecule has 3 fully saturated rings. The molecule has 1 aromatic carbocycles. The lowest BCUT2D eigenvalue weighted by Gasteiger charge is -2.37. The molecule has 0 saturated carbocycles. The summed E-state index contributed by atoms with van der Waals surface area (Å²) < 4.78 is 6.13. The average Bonchev–Trinajstić information content (AvgIpc) is 3.51. The normalized spacial score (nSPS) is 32.2. The molecule has 4 heterocycles. The van der Waals surface area contributed by atoms with Crippen LogP contribution in [-0.2, 0) is 20.9 Å². The summed E-state index contributed by atoms with van der Waals surface area (Å²) in [4.78, 5) is 33.0. The van der Waals surface area contributed by atoms with Crippen molar-refractivity contribution in [2.75, 3.05) is 25.3 Å². The molecule has 0 aliphatic carbocycles. The second kappa shape index (κ2) is 9.51. The van der Waals surface area contributed by atoms with Gasteiger partial charge in [-0.25, -0.2) is 9.78 Å². The summed E-state index contributed by atoms with van der Waals surface area (Å²) in [7, 11) is 2.31. The van der Waals surface area contributed by atoms with Gasteiger partial charge in [0.05, 0.1) is 31.5 Å². The van der Waals surface area contributed by atoms with Crippen LogP contribution in [0.25, 0.3) is 0 Å². The molecule has 0 N–H and O–H groups in total. The highest BCUT2D eigenvalue weighted by atomic mass is 35.5. The number of hydrogen-bond acceptors (Lipinski definition) is 5. The van der Waals surface area contributed by atoms with Gasteiger partial charge in [0.15, 0.2) is 0 Å². The highest BCUT2D eigenvalue weighted by molar-refractivity contribution is 7.99. The number of esters is 1. The van der Waals surface area contributed by atoms with E-state index in [0.717, 1.165) is 29.4 Å². The summed E-state index contributed by atoms with van der Waals surface area (Å²) in [5, 5.41) is 0.453. The number of aromatic nitrogens is 1. The van der Waals surface area contributed by atoms with Gasteiger partial charge in [-0.3, -0.25) is 4.79 Å². The first-order chi connectivity index (χ1) is 16.4. The van der Waals surface area contributed by atoms with Gasteiger partial charge in [0.1, 0.15) is 29.7 Å². The van der Waals surface area contributed by atoms with Crippen LogP contribution in [0.2, 0.25) is 5.15 Å². The fourth-order valence-corrected chi connectivity index (χ4v) is 7.84. The monoisotopic (exact) mass is 500 g/mol. The summed E-state index contributed by atoms with van der Waals surface area (Å²) in [6, 6.07) is 14.4. The SMILES string of the molecule is CCOC(=O)C1CSCN1C(=O)[C@H]1[C@H](c2ccc(Cl)nc2)[C@H]2CC[C@@H]1[N+]2(C)Cc1ccccc1. The molecule has 34 heavy (non-hydrogen) atoms. The second-order valence-electron chi connectivity index (χ2n) is 9.74. The van der Waals surface area contributed by atoms with Crippen molar-refractivity contribution in [1.82, 2.24) is 9.88 Å². The minimum Gasteiger partial charge on any atom is -0.464 e. The first-order valence-corrected chi connectivity index (χ1v) is 13.5. The van der Waals surface area contributed by atoms with E-state index in [9.17, 15) is 9.59 Å². The number of nitrogens with zero attached hydrogens (tertiary/aromatic N) is 3. The van der Waals surface area contributed by atoms with E-state index in [1.165, 1.54) is 5.56 Å². The first-order valence-electron chi connectivity index (χ1n) is 12.0. The third-order valence-electron chi connectivity index (χ3n) is 8.00. The summed E-state index contributed by atoms with van der Waals surface area (Å²) >= 11 is 7.73. The third-order valence-corrected chi connectivity index (χ3v) is 9.24. The van der Waals surface area contributed by atoms with E-state index < -0.39 is 6.04 Å². The molecule has 180 valence electrons. The van der Waals surface area contributed by atoms with Gasteiger partial charge in [0, 0.05) is 30.4 Å². The quantitative estimate of drug-likeness (QED) is 0.339. The number of benzene rings is 1. The Hall–Kier alpha value is -2.09. The van der Waals surface area contributed by atoms with Crippen molar-refractivity contribution in [2.45, 2.75) is 50.4 Å². The minimum absolute atomic E-state index is 0.0400. The Kier molecular flexibility index (Phi) is 6.62. The van der Waals surface area contributed by atoms with Gasteiger partial charge in [0.2, 0.25) is 5.91 Å². The van der Waals surface area contributed by atoms with Crippen molar-refractivity contribution < 1.29 is 18.8 Å². The number of pyridine rings is 1. The van der Waals surface area contributed by atoms with E-state index in [2.05, 4.69) is 36.3 Å². The van der Waals surface area contributed by atoms with Crippen molar-refractivity contribution in [1.29, 1.82) is 0 Å². The zero-order chi connectivity index (χ0) is 23.9. The van der Waals surface area contributed by atoms with Gasteiger partial charge in [0.25, 0.3) is 0 Å². The lowest BCUT2D eigenvalue weighted by molar-refractivity contribution is -0.944. The Labute approximate surface area is 210 Å². The smallest absolute Gasteiger partial charge is 0.329 e. The van der Waals surface area contributed by atoms with Crippen molar-refractivity contribution in [3.63, 3.8) is 0 Å². The van der Waals surface area contributed by atoms with Crippen LogP contribution in [-0.4, -0.2) is 69.7 Å². The van der Waals surface area contributed by atoms with Crippen LogP contribution in [0, 0.1) is 5.92 Å². The van der Waals surface area contributed by atoms with E-state index >= 15 is 0 Å². The molecule has 1 amide bonds. The predicted octanol–water partition coefficient (Wildman–Crippen LogP) is 4.09. The van der Waals surface area contributed by atoms with E-state index in [1.807, 2.05) is 24.4 Å². The molecule has 1 aromatic heterocycles. The summed E-state index contributed by atoms with van der Waals surface area (Å²) in [6.45, 7) is 3.01. The fraction of sp³-hybridized carbons (Fsp3) is 0.500. The maximum absolute atomic E-state index is 14.2. The van der Waals surface area contributed by atoms with Gasteiger partial charge >= 0.3 is 5.97 Å². The maximum Gasteiger partial charge on any atom is 0.329 e. The lowest BCUT2D eigenvalue weighted by atomic mass is 9.75. The Morgan fingerprint density at radius 3 is 2.65 bits per heavy atom. The van der Waals surface area contributed by atoms with Crippen molar-refractivity contribution in [3.05, 3.63) is 64.9 Å². The molecule has 0 spiro atoms. The van der Waals surface area contributed by atoms with Gasteiger partial charge in [-0.15, -0.1) is 11.8 Å². The van der Waals surface area contributed by atoms with Crippen LogP contribution < -0.4 is 0 Å². The molecule has 2 aromatic rings. The number of fused-ring (bicyclic) bond motifs is 2. The van der Waals surface area contributed by atoms with Crippen molar-refractivity contribution >= 4 is 35.2 Å². The topological polar surface area (TPSA) is 59.5 Å². The number of quaternary nitrogens is 1. The zero-order valence-corrected chi connectivity index (χ0v) is 21.2. The third kappa shape index (κ3) is 4.01. The molecular weight excluding hydrogens is 470 g/mol. The summed E-state index contributed by atoms with van der Waals surface area (Å²) in [5.74, 6) is 0.742. The number of thioether (sulfide) groups is 1. The number of carbonyl (C=O) groups excluding carboxylic acids is 2. The highest BCUT2D eigenvalue weighted by Gasteiger charge is 2.66. The molecule has 2 unspecified atom stereocenters. The van der Waals surface area contributed by atoms with E-state index in [0.29, 0.717) is 29.4 Å². The Balaban J connectivity index is 1.51. The number of halogens is 1. The Bertz CT molecular complexity index is 1050. The van der Waals surface area contributed by atoms with Crippen molar-refractivity contribution in [2.24, 2.45) is 5.92 Å². The largest absolute Gasteiger partial charge is 0.464 e. The predicted molar refractivity (Wildman–Crippen MR) is 133 cm³/mol. The van der Waals surface area contributed by atoms with Crippen LogP contribution >= 0.6 is 23.4 Å². The Morgan fingerprint density at radius 2 is 1.94 bits per heavy atom. The number of likely N-dealkylation sites (N-methyl/N-ethyl adjacent to an activating group) is 1. The number of ether oxygens (including phenoxy) is 1. The summed E-state index contributed by atoms with van der Waals surface area (Å²) in [5.41, 5.74) is 2.34. The summed E-state index contributed by atoms with van der Waals surface area (Å²) in [6.07, 6.45) is 3.91. The van der Waals surface area contributed by atoms with Crippen LogP contribution in [0.4, 0.5) is 0 Å². The van der Waals surface area contributed by atoms with Gasteiger partial charge in [-0.05, 0) is 18.6 Å². The minimum atomic E-state index is -0.506. The maximum atomic E-state index is 14.2. The first kappa shape index (κ1) is 23.6. The number of carbonyl (C=O) groups is 2. The number of amides is 1. The van der Waals surface area contributed by atoms with Gasteiger partial charge < -0.3 is 14.1 Å². The number of rotatable bonds is 6. The molecule has 8 heteroatoms. The molecule has 0 radical (unpaired) electrons. The average molecular weight is 501 g/mol. The molecule has 6 atom stereocenters. The van der Waals surface area contributed by atoms with Crippen LogP contribution in [0.3, 0.4) is 0 Å². The lowest BCUT2D eigenvalue weighted by Crippen LogP contribution is -2.52.